The first-order chi connectivity index (χ1) is 13.1. The Bertz CT molecular complexity index is 807. The lowest BCUT2D eigenvalue weighted by atomic mass is 10.2. The second-order valence-corrected chi connectivity index (χ2v) is 7.82. The minimum Gasteiger partial charge on any atom is -0.486 e. The lowest BCUT2D eigenvalue weighted by Crippen LogP contribution is -2.36. The van der Waals surface area contributed by atoms with Crippen LogP contribution in [-0.2, 0) is 13.1 Å². The molecule has 8 heteroatoms. The van der Waals surface area contributed by atoms with Crippen LogP contribution in [0.15, 0.2) is 22.5 Å². The summed E-state index contributed by atoms with van der Waals surface area (Å²) in [6, 6.07) is 3.81. The maximum Gasteiger partial charge on any atom is 0.191 e. The van der Waals surface area contributed by atoms with Crippen LogP contribution in [0, 0.1) is 0 Å². The summed E-state index contributed by atoms with van der Waals surface area (Å²) in [5.41, 5.74) is 2.10. The van der Waals surface area contributed by atoms with Gasteiger partial charge >= 0.3 is 0 Å². The van der Waals surface area contributed by atoms with Crippen LogP contribution >= 0.6 is 22.9 Å². The number of hydrogen-bond donors (Lipinski definition) is 2. The van der Waals surface area contributed by atoms with Crippen LogP contribution in [-0.4, -0.2) is 30.7 Å². The number of hydrogen-bond acceptors (Lipinski definition) is 5. The molecular formula is C19H25ClN4O2S. The lowest BCUT2D eigenvalue weighted by molar-refractivity contribution is 0.171. The van der Waals surface area contributed by atoms with Gasteiger partial charge in [-0.05, 0) is 30.5 Å². The Kier molecular flexibility index (Phi) is 6.79. The third kappa shape index (κ3) is 5.26. The number of aliphatic imine (C=N–C) groups is 1. The van der Waals surface area contributed by atoms with Crippen LogP contribution < -0.4 is 20.1 Å². The summed E-state index contributed by atoms with van der Waals surface area (Å²) in [7, 11) is 0. The molecule has 0 radical (unpaired) electrons. The smallest absolute Gasteiger partial charge is 0.191 e. The molecule has 0 fully saturated rings. The highest BCUT2D eigenvalue weighted by molar-refractivity contribution is 7.09. The number of halogens is 1. The Morgan fingerprint density at radius 3 is 2.85 bits per heavy atom. The maximum atomic E-state index is 6.30. The summed E-state index contributed by atoms with van der Waals surface area (Å²) in [4.78, 5) is 9.29. The van der Waals surface area contributed by atoms with Gasteiger partial charge in [-0.3, -0.25) is 0 Å². The Balaban J connectivity index is 1.65. The minimum atomic E-state index is 0.442. The van der Waals surface area contributed by atoms with Gasteiger partial charge in [-0.15, -0.1) is 11.3 Å². The van der Waals surface area contributed by atoms with E-state index in [1.54, 1.807) is 11.3 Å². The number of thiazole rings is 1. The predicted molar refractivity (Wildman–Crippen MR) is 110 cm³/mol. The highest BCUT2D eigenvalue weighted by Crippen LogP contribution is 2.38. The summed E-state index contributed by atoms with van der Waals surface area (Å²) >= 11 is 7.97. The van der Waals surface area contributed by atoms with Gasteiger partial charge in [-0.25, -0.2) is 9.98 Å². The Morgan fingerprint density at radius 2 is 2.11 bits per heavy atom. The number of benzene rings is 1. The fourth-order valence-electron chi connectivity index (χ4n) is 2.60. The fraction of sp³-hybridized carbons (Fsp3) is 0.474. The van der Waals surface area contributed by atoms with Gasteiger partial charge in [0.1, 0.15) is 18.2 Å². The average Bonchev–Trinajstić information content (AvgIpc) is 3.13. The summed E-state index contributed by atoms with van der Waals surface area (Å²) < 4.78 is 11.2. The van der Waals surface area contributed by atoms with Gasteiger partial charge in [0.05, 0.1) is 23.8 Å². The molecule has 1 aromatic heterocycles. The molecule has 3 rings (SSSR count). The van der Waals surface area contributed by atoms with Crippen LogP contribution in [0.2, 0.25) is 5.02 Å². The molecule has 2 aromatic rings. The molecule has 1 aliphatic rings. The number of nitrogens with one attached hydrogen (secondary N) is 2. The number of fused-ring (bicyclic) bond motifs is 1. The van der Waals surface area contributed by atoms with Crippen molar-refractivity contribution in [1.82, 2.24) is 15.6 Å². The highest BCUT2D eigenvalue weighted by atomic mass is 35.5. The number of ether oxygens (including phenoxy) is 2. The Labute approximate surface area is 169 Å². The van der Waals surface area contributed by atoms with Crippen LogP contribution in [0.4, 0.5) is 0 Å². The molecular weight excluding hydrogens is 384 g/mol. The number of guanidine groups is 1. The SMILES string of the molecule is CCNC(=NCc1cc(Cl)c2c(c1)OCCO2)NCc1nc(C(C)C)cs1. The van der Waals surface area contributed by atoms with E-state index < -0.39 is 0 Å². The van der Waals surface area contributed by atoms with E-state index in [0.29, 0.717) is 48.7 Å². The van der Waals surface area contributed by atoms with Crippen molar-refractivity contribution in [3.05, 3.63) is 38.8 Å². The summed E-state index contributed by atoms with van der Waals surface area (Å²) in [5.74, 6) is 2.48. The first-order valence-corrected chi connectivity index (χ1v) is 10.4. The molecule has 1 aliphatic heterocycles. The zero-order valence-electron chi connectivity index (χ0n) is 15.8. The van der Waals surface area contributed by atoms with Crippen LogP contribution in [0.3, 0.4) is 0 Å². The molecule has 0 atom stereocenters. The monoisotopic (exact) mass is 408 g/mol. The quantitative estimate of drug-likeness (QED) is 0.559. The van der Waals surface area contributed by atoms with E-state index in [1.165, 1.54) is 0 Å². The predicted octanol–water partition coefficient (Wildman–Crippen LogP) is 3.95. The highest BCUT2D eigenvalue weighted by Gasteiger charge is 2.16. The molecule has 146 valence electrons. The van der Waals surface area contributed by atoms with Crippen molar-refractivity contribution in [2.75, 3.05) is 19.8 Å². The van der Waals surface area contributed by atoms with Gasteiger partial charge in [-0.2, -0.15) is 0 Å². The second-order valence-electron chi connectivity index (χ2n) is 6.47. The van der Waals surface area contributed by atoms with E-state index in [0.717, 1.165) is 28.8 Å². The third-order valence-electron chi connectivity index (χ3n) is 3.99. The van der Waals surface area contributed by atoms with Crippen molar-refractivity contribution in [2.24, 2.45) is 4.99 Å². The van der Waals surface area contributed by atoms with Crippen molar-refractivity contribution in [2.45, 2.75) is 39.8 Å². The van der Waals surface area contributed by atoms with E-state index in [4.69, 9.17) is 21.1 Å². The number of aromatic nitrogens is 1. The zero-order valence-corrected chi connectivity index (χ0v) is 17.4. The summed E-state index contributed by atoms with van der Waals surface area (Å²) in [5, 5.41) is 10.3. The van der Waals surface area contributed by atoms with Crippen molar-refractivity contribution >= 4 is 28.9 Å². The average molecular weight is 409 g/mol. The molecule has 0 bridgehead atoms. The molecule has 0 spiro atoms. The molecule has 0 aliphatic carbocycles. The minimum absolute atomic E-state index is 0.442. The van der Waals surface area contributed by atoms with Gasteiger partial charge in [0.15, 0.2) is 17.5 Å². The van der Waals surface area contributed by atoms with Crippen LogP contribution in [0.5, 0.6) is 11.5 Å². The summed E-state index contributed by atoms with van der Waals surface area (Å²) in [6.07, 6.45) is 0. The number of nitrogens with zero attached hydrogens (tertiary/aromatic N) is 2. The molecule has 2 N–H and O–H groups in total. The van der Waals surface area contributed by atoms with Gasteiger partial charge in [0, 0.05) is 11.9 Å². The van der Waals surface area contributed by atoms with Crippen molar-refractivity contribution in [3.63, 3.8) is 0 Å². The van der Waals surface area contributed by atoms with Crippen LogP contribution in [0.1, 0.15) is 43.0 Å². The Morgan fingerprint density at radius 1 is 1.30 bits per heavy atom. The van der Waals surface area contributed by atoms with E-state index in [9.17, 15) is 0 Å². The van der Waals surface area contributed by atoms with Crippen molar-refractivity contribution < 1.29 is 9.47 Å². The largest absolute Gasteiger partial charge is 0.486 e. The van der Waals surface area contributed by atoms with E-state index in [2.05, 4.69) is 39.8 Å². The van der Waals surface area contributed by atoms with Gasteiger partial charge in [-0.1, -0.05) is 25.4 Å². The molecule has 6 nitrogen and oxygen atoms in total. The van der Waals surface area contributed by atoms with E-state index in [-0.39, 0.29) is 0 Å². The van der Waals surface area contributed by atoms with E-state index in [1.807, 2.05) is 19.1 Å². The van der Waals surface area contributed by atoms with Gasteiger partial charge in [0.25, 0.3) is 0 Å². The molecule has 1 aromatic carbocycles. The van der Waals surface area contributed by atoms with Gasteiger partial charge < -0.3 is 20.1 Å². The molecule has 0 amide bonds. The normalized spacial score (nSPS) is 13.7. The molecule has 0 saturated carbocycles. The molecule has 2 heterocycles. The van der Waals surface area contributed by atoms with Gasteiger partial charge in [0.2, 0.25) is 0 Å². The first kappa shape index (κ1) is 19.8. The topological polar surface area (TPSA) is 67.8 Å². The standard InChI is InChI=1S/C19H25ClN4O2S/c1-4-21-19(23-10-17-24-15(11-27-17)12(2)3)22-9-13-7-14(20)18-16(8-13)25-5-6-26-18/h7-8,11-12H,4-6,9-10H2,1-3H3,(H2,21,22,23). The van der Waals surface area contributed by atoms with Crippen LogP contribution in [0.25, 0.3) is 0 Å². The fourth-order valence-corrected chi connectivity index (χ4v) is 3.78. The molecule has 0 unspecified atom stereocenters. The summed E-state index contributed by atoms with van der Waals surface area (Å²) in [6.45, 7) is 9.31. The number of rotatable bonds is 6. The molecule has 27 heavy (non-hydrogen) atoms. The maximum absolute atomic E-state index is 6.30. The van der Waals surface area contributed by atoms with Crippen molar-refractivity contribution in [1.29, 1.82) is 0 Å². The molecule has 0 saturated heterocycles. The Hall–Kier alpha value is -1.99. The second kappa shape index (κ2) is 9.28. The zero-order chi connectivity index (χ0) is 19.2. The lowest BCUT2D eigenvalue weighted by Gasteiger charge is -2.20. The third-order valence-corrected chi connectivity index (χ3v) is 5.14. The first-order valence-electron chi connectivity index (χ1n) is 9.11. The van der Waals surface area contributed by atoms with Crippen molar-refractivity contribution in [3.8, 4) is 11.5 Å². The van der Waals surface area contributed by atoms with E-state index >= 15 is 0 Å².